The molecule has 1 unspecified atom stereocenters. The Morgan fingerprint density at radius 1 is 1.08 bits per heavy atom. The van der Waals surface area contributed by atoms with Gasteiger partial charge in [-0.05, 0) is 59.9 Å². The van der Waals surface area contributed by atoms with Gasteiger partial charge >= 0.3 is 0 Å². The summed E-state index contributed by atoms with van der Waals surface area (Å²) in [6.45, 7) is 0.507. The highest BCUT2D eigenvalue weighted by atomic mass is 16.3. The first-order valence-corrected chi connectivity index (χ1v) is 8.61. The smallest absolute Gasteiger partial charge is 0.0902 e. The van der Waals surface area contributed by atoms with E-state index in [0.29, 0.717) is 6.54 Å². The average Bonchev–Trinajstić information content (AvgIpc) is 2.93. The van der Waals surface area contributed by atoms with Crippen LogP contribution in [0.15, 0.2) is 53.6 Å². The predicted molar refractivity (Wildman–Crippen MR) is 95.8 cm³/mol. The van der Waals surface area contributed by atoms with Gasteiger partial charge in [0.05, 0.1) is 5.60 Å². The van der Waals surface area contributed by atoms with E-state index in [1.54, 1.807) is 0 Å². The maximum atomic E-state index is 11.1. The van der Waals surface area contributed by atoms with Crippen molar-refractivity contribution in [2.75, 3.05) is 6.54 Å². The van der Waals surface area contributed by atoms with E-state index < -0.39 is 5.60 Å². The van der Waals surface area contributed by atoms with E-state index in [2.05, 4.69) is 52.5 Å². The molecule has 0 radical (unpaired) electrons. The Hall–Kier alpha value is -2.29. The molecule has 4 heteroatoms. The third-order valence-electron chi connectivity index (χ3n) is 4.90. The Bertz CT molecular complexity index is 738. The summed E-state index contributed by atoms with van der Waals surface area (Å²) in [7, 11) is 0. The van der Waals surface area contributed by atoms with Gasteiger partial charge in [-0.25, -0.2) is 0 Å². The van der Waals surface area contributed by atoms with E-state index in [-0.39, 0.29) is 0 Å². The standard InChI is InChI=1S/C20H23N3O/c21-23-22-13-5-4-11-20(24)12-10-18-9-8-17(15-19(18)20)14-16-6-2-1-3-7-16/h1-3,6-9,15,24H,4-5,10-14H2. The molecule has 0 saturated heterocycles. The minimum absolute atomic E-state index is 0.507. The summed E-state index contributed by atoms with van der Waals surface area (Å²) in [6.07, 6.45) is 5.05. The summed E-state index contributed by atoms with van der Waals surface area (Å²) >= 11 is 0. The molecule has 2 aromatic rings. The summed E-state index contributed by atoms with van der Waals surface area (Å²) in [5.74, 6) is 0. The van der Waals surface area contributed by atoms with E-state index >= 15 is 0 Å². The van der Waals surface area contributed by atoms with Gasteiger partial charge in [0, 0.05) is 11.5 Å². The second-order valence-electron chi connectivity index (χ2n) is 6.60. The molecule has 0 saturated carbocycles. The van der Waals surface area contributed by atoms with Crippen LogP contribution in [0.5, 0.6) is 0 Å². The molecule has 1 N–H and O–H groups in total. The van der Waals surface area contributed by atoms with Crippen LogP contribution in [0.2, 0.25) is 0 Å². The van der Waals surface area contributed by atoms with Crippen molar-refractivity contribution in [3.8, 4) is 0 Å². The molecule has 24 heavy (non-hydrogen) atoms. The number of aryl methyl sites for hydroxylation is 1. The van der Waals surface area contributed by atoms with Gasteiger partial charge in [-0.1, -0.05) is 60.1 Å². The first-order chi connectivity index (χ1) is 11.7. The van der Waals surface area contributed by atoms with Gasteiger partial charge in [0.25, 0.3) is 0 Å². The van der Waals surface area contributed by atoms with Crippen LogP contribution in [0, 0.1) is 0 Å². The Morgan fingerprint density at radius 2 is 1.92 bits per heavy atom. The van der Waals surface area contributed by atoms with E-state index in [1.165, 1.54) is 16.7 Å². The number of rotatable bonds is 7. The summed E-state index contributed by atoms with van der Waals surface area (Å²) in [4.78, 5) is 2.77. The molecule has 1 aliphatic rings. The summed E-state index contributed by atoms with van der Waals surface area (Å²) in [5.41, 5.74) is 12.5. The lowest BCUT2D eigenvalue weighted by atomic mass is 9.88. The highest BCUT2D eigenvalue weighted by Crippen LogP contribution is 2.41. The molecule has 0 heterocycles. The Labute approximate surface area is 142 Å². The molecule has 0 aliphatic heterocycles. The first kappa shape index (κ1) is 16.6. The average molecular weight is 321 g/mol. The number of hydrogen-bond donors (Lipinski definition) is 1. The number of hydrogen-bond acceptors (Lipinski definition) is 2. The van der Waals surface area contributed by atoms with Gasteiger partial charge < -0.3 is 5.11 Å². The van der Waals surface area contributed by atoms with Crippen LogP contribution in [0.4, 0.5) is 0 Å². The molecule has 0 bridgehead atoms. The minimum atomic E-state index is -0.724. The lowest BCUT2D eigenvalue weighted by Crippen LogP contribution is -2.22. The fourth-order valence-corrected chi connectivity index (χ4v) is 3.60. The zero-order chi connectivity index (χ0) is 16.8. The summed E-state index contributed by atoms with van der Waals surface area (Å²) < 4.78 is 0. The fraction of sp³-hybridized carbons (Fsp3) is 0.400. The highest BCUT2D eigenvalue weighted by Gasteiger charge is 2.35. The lowest BCUT2D eigenvalue weighted by Gasteiger charge is -2.24. The van der Waals surface area contributed by atoms with Crippen molar-refractivity contribution in [3.63, 3.8) is 0 Å². The maximum Gasteiger partial charge on any atom is 0.0902 e. The summed E-state index contributed by atoms with van der Waals surface area (Å²) in [5, 5.41) is 14.6. The Morgan fingerprint density at radius 3 is 2.71 bits per heavy atom. The van der Waals surface area contributed by atoms with Crippen LogP contribution in [-0.2, 0) is 18.4 Å². The SMILES string of the molecule is [N-]=[N+]=NCCCCC1(O)CCc2ccc(Cc3ccccc3)cc21. The van der Waals surface area contributed by atoms with Crippen molar-refractivity contribution in [1.82, 2.24) is 0 Å². The predicted octanol–water partition coefficient (Wildman–Crippen LogP) is 4.89. The summed E-state index contributed by atoms with van der Waals surface area (Å²) in [6, 6.07) is 16.9. The molecule has 1 aliphatic carbocycles. The number of benzene rings is 2. The zero-order valence-corrected chi connectivity index (χ0v) is 13.9. The normalized spacial score (nSPS) is 18.9. The Balaban J connectivity index is 1.71. The van der Waals surface area contributed by atoms with Crippen molar-refractivity contribution in [2.45, 2.75) is 44.1 Å². The molecular formula is C20H23N3O. The van der Waals surface area contributed by atoms with Crippen molar-refractivity contribution >= 4 is 0 Å². The van der Waals surface area contributed by atoms with E-state index in [9.17, 15) is 5.11 Å². The maximum absolute atomic E-state index is 11.1. The van der Waals surface area contributed by atoms with Gasteiger partial charge in [-0.15, -0.1) is 0 Å². The van der Waals surface area contributed by atoms with Crippen LogP contribution in [0.3, 0.4) is 0 Å². The van der Waals surface area contributed by atoms with Crippen molar-refractivity contribution in [3.05, 3.63) is 81.2 Å². The van der Waals surface area contributed by atoms with Crippen LogP contribution >= 0.6 is 0 Å². The molecule has 124 valence electrons. The molecule has 0 aromatic heterocycles. The third-order valence-corrected chi connectivity index (χ3v) is 4.90. The second-order valence-corrected chi connectivity index (χ2v) is 6.60. The van der Waals surface area contributed by atoms with Gasteiger partial charge in [-0.3, -0.25) is 0 Å². The monoisotopic (exact) mass is 321 g/mol. The van der Waals surface area contributed by atoms with Crippen LogP contribution in [-0.4, -0.2) is 11.7 Å². The fourth-order valence-electron chi connectivity index (χ4n) is 3.60. The Kier molecular flexibility index (Phi) is 5.19. The lowest BCUT2D eigenvalue weighted by molar-refractivity contribution is 0.0270. The van der Waals surface area contributed by atoms with E-state index in [4.69, 9.17) is 5.53 Å². The second kappa shape index (κ2) is 7.52. The highest BCUT2D eigenvalue weighted by molar-refractivity contribution is 5.41. The van der Waals surface area contributed by atoms with Crippen LogP contribution < -0.4 is 0 Å². The molecular weight excluding hydrogens is 298 g/mol. The van der Waals surface area contributed by atoms with Crippen LogP contribution in [0.25, 0.3) is 10.4 Å². The van der Waals surface area contributed by atoms with Gasteiger partial charge in [0.1, 0.15) is 0 Å². The number of fused-ring (bicyclic) bond motifs is 1. The van der Waals surface area contributed by atoms with Crippen molar-refractivity contribution < 1.29 is 5.11 Å². The molecule has 2 aromatic carbocycles. The third kappa shape index (κ3) is 3.78. The molecule has 3 rings (SSSR count). The minimum Gasteiger partial charge on any atom is -0.385 e. The molecule has 4 nitrogen and oxygen atoms in total. The van der Waals surface area contributed by atoms with Gasteiger partial charge in [0.2, 0.25) is 0 Å². The number of azide groups is 1. The van der Waals surface area contributed by atoms with Gasteiger partial charge in [-0.2, -0.15) is 0 Å². The number of nitrogens with zero attached hydrogens (tertiary/aromatic N) is 3. The van der Waals surface area contributed by atoms with Crippen LogP contribution in [0.1, 0.15) is 47.9 Å². The molecule has 0 fully saturated rings. The number of aliphatic hydroxyl groups is 1. The molecule has 0 amide bonds. The first-order valence-electron chi connectivity index (χ1n) is 8.61. The molecule has 1 atom stereocenters. The molecule has 0 spiro atoms. The number of unbranched alkanes of at least 4 members (excludes halogenated alkanes) is 1. The van der Waals surface area contributed by atoms with Gasteiger partial charge in [0.15, 0.2) is 0 Å². The quantitative estimate of drug-likeness (QED) is 0.335. The topological polar surface area (TPSA) is 69.0 Å². The van der Waals surface area contributed by atoms with E-state index in [1.807, 2.05) is 6.07 Å². The zero-order valence-electron chi connectivity index (χ0n) is 13.9. The largest absolute Gasteiger partial charge is 0.385 e. The van der Waals surface area contributed by atoms with Crippen molar-refractivity contribution in [1.29, 1.82) is 0 Å². The van der Waals surface area contributed by atoms with Crippen molar-refractivity contribution in [2.24, 2.45) is 5.11 Å². The van der Waals surface area contributed by atoms with E-state index in [0.717, 1.165) is 44.1 Å².